The molecule has 0 atom stereocenters. The molecule has 4 aliphatic rings. The normalized spacial score (nSPS) is 21.9. The van der Waals surface area contributed by atoms with Gasteiger partial charge in [-0.15, -0.1) is 0 Å². The number of nitrogens with zero attached hydrogens (tertiary/aromatic N) is 1. The summed E-state index contributed by atoms with van der Waals surface area (Å²) in [6.07, 6.45) is 7.35. The van der Waals surface area contributed by atoms with Gasteiger partial charge in [-0.1, -0.05) is 133 Å². The first-order valence-corrected chi connectivity index (χ1v) is 19.0. The third-order valence-electron chi connectivity index (χ3n) is 12.4. The smallest absolute Gasteiger partial charge is 0.0462 e. The maximum Gasteiger partial charge on any atom is 0.0462 e. The Hall–Kier alpha value is -5.40. The fourth-order valence-corrected chi connectivity index (χ4v) is 10.3. The fourth-order valence-electron chi connectivity index (χ4n) is 10.3. The van der Waals surface area contributed by atoms with Crippen molar-refractivity contribution in [2.75, 3.05) is 4.90 Å². The molecule has 7 aromatic carbocycles. The Bertz CT molecular complexity index is 2270. The van der Waals surface area contributed by atoms with E-state index < -0.39 is 0 Å². The molecular formula is C50H43N. The molecule has 0 aliphatic heterocycles. The Balaban J connectivity index is 0.989. The maximum absolute atomic E-state index is 2.52. The Morgan fingerprint density at radius 2 is 0.863 bits per heavy atom. The van der Waals surface area contributed by atoms with Crippen LogP contribution in [-0.2, 0) is 0 Å². The molecule has 4 saturated carbocycles. The van der Waals surface area contributed by atoms with Gasteiger partial charge in [0.15, 0.2) is 0 Å². The van der Waals surface area contributed by atoms with Crippen molar-refractivity contribution >= 4 is 27.8 Å². The summed E-state index contributed by atoms with van der Waals surface area (Å²) in [6.45, 7) is 0. The van der Waals surface area contributed by atoms with Gasteiger partial charge in [-0.05, 0) is 148 Å². The van der Waals surface area contributed by atoms with E-state index in [0.717, 1.165) is 46.7 Å². The molecule has 11 rings (SSSR count). The van der Waals surface area contributed by atoms with Crippen LogP contribution in [0, 0.1) is 23.7 Å². The quantitative estimate of drug-likeness (QED) is 0.165. The summed E-state index contributed by atoms with van der Waals surface area (Å²) < 4.78 is 0. The molecule has 0 saturated heterocycles. The zero-order valence-corrected chi connectivity index (χ0v) is 29.0. The maximum atomic E-state index is 2.52. The summed E-state index contributed by atoms with van der Waals surface area (Å²) in [5, 5.41) is 2.55. The van der Waals surface area contributed by atoms with Crippen LogP contribution in [0.3, 0.4) is 0 Å². The minimum absolute atomic E-state index is 0.753. The van der Waals surface area contributed by atoms with Crippen LogP contribution in [0.25, 0.3) is 44.2 Å². The zero-order valence-electron chi connectivity index (χ0n) is 29.0. The van der Waals surface area contributed by atoms with Crippen LogP contribution < -0.4 is 4.90 Å². The van der Waals surface area contributed by atoms with Crippen LogP contribution in [0.5, 0.6) is 0 Å². The summed E-state index contributed by atoms with van der Waals surface area (Å²) in [6, 6.07) is 62.7. The van der Waals surface area contributed by atoms with Crippen molar-refractivity contribution in [3.63, 3.8) is 0 Å². The Morgan fingerprint density at radius 3 is 1.51 bits per heavy atom. The second-order valence-electron chi connectivity index (χ2n) is 15.5. The molecule has 0 radical (unpaired) electrons. The summed E-state index contributed by atoms with van der Waals surface area (Å²) >= 11 is 0. The topological polar surface area (TPSA) is 3.24 Å². The van der Waals surface area contributed by atoms with E-state index in [2.05, 4.69) is 175 Å². The van der Waals surface area contributed by atoms with Crippen molar-refractivity contribution in [3.05, 3.63) is 175 Å². The lowest BCUT2D eigenvalue weighted by atomic mass is 9.50. The molecule has 248 valence electrons. The Labute approximate surface area is 302 Å². The highest BCUT2D eigenvalue weighted by Gasteiger charge is 2.48. The van der Waals surface area contributed by atoms with E-state index in [0.29, 0.717) is 0 Å². The Kier molecular flexibility index (Phi) is 7.60. The number of hydrogen-bond acceptors (Lipinski definition) is 1. The molecule has 4 fully saturated rings. The van der Waals surface area contributed by atoms with E-state index in [1.807, 2.05) is 0 Å². The molecule has 7 aromatic rings. The van der Waals surface area contributed by atoms with Gasteiger partial charge < -0.3 is 4.90 Å². The molecule has 0 unspecified atom stereocenters. The molecular weight excluding hydrogens is 615 g/mol. The molecule has 0 aromatic heterocycles. The average molecular weight is 658 g/mol. The predicted octanol–water partition coefficient (Wildman–Crippen LogP) is 13.9. The van der Waals surface area contributed by atoms with Crippen LogP contribution in [0.2, 0.25) is 0 Å². The first kappa shape index (κ1) is 30.4. The molecule has 1 heteroatoms. The second kappa shape index (κ2) is 12.7. The van der Waals surface area contributed by atoms with Gasteiger partial charge in [-0.3, -0.25) is 0 Å². The van der Waals surface area contributed by atoms with Crippen molar-refractivity contribution in [3.8, 4) is 33.4 Å². The average Bonchev–Trinajstić information content (AvgIpc) is 3.19. The highest BCUT2D eigenvalue weighted by atomic mass is 15.1. The first-order valence-electron chi connectivity index (χ1n) is 19.0. The number of rotatable bonds is 7. The summed E-state index contributed by atoms with van der Waals surface area (Å²) in [7, 11) is 0. The standard InChI is InChI=1S/C50H43N/c1-2-8-36(9-3-1)37-16-22-45(23-17-37)51(47-26-20-40(21-27-47)49-15-7-11-39-10-4-5-14-48(39)49)46-24-18-38(19-25-46)41-12-6-13-42(33-41)50-43-29-34-28-35(31-43)32-44(50)30-34/h1-27,33-35,43-44,50H,28-32H2. The lowest BCUT2D eigenvalue weighted by Crippen LogP contribution is -2.43. The summed E-state index contributed by atoms with van der Waals surface area (Å²) in [5.74, 6) is 4.56. The fraction of sp³-hybridized carbons (Fsp3) is 0.200. The third kappa shape index (κ3) is 5.66. The highest BCUT2D eigenvalue weighted by Crippen LogP contribution is 2.60. The van der Waals surface area contributed by atoms with Gasteiger partial charge >= 0.3 is 0 Å². The van der Waals surface area contributed by atoms with Gasteiger partial charge in [-0.2, -0.15) is 0 Å². The third-order valence-corrected chi connectivity index (χ3v) is 12.4. The lowest BCUT2D eigenvalue weighted by Gasteiger charge is -2.54. The lowest BCUT2D eigenvalue weighted by molar-refractivity contribution is -0.00276. The van der Waals surface area contributed by atoms with Crippen LogP contribution in [0.15, 0.2) is 170 Å². The van der Waals surface area contributed by atoms with Crippen molar-refractivity contribution in [2.24, 2.45) is 23.7 Å². The molecule has 0 spiro atoms. The number of anilines is 3. The van der Waals surface area contributed by atoms with Crippen molar-refractivity contribution in [1.29, 1.82) is 0 Å². The van der Waals surface area contributed by atoms with Crippen LogP contribution in [-0.4, -0.2) is 0 Å². The molecule has 4 aliphatic carbocycles. The zero-order chi connectivity index (χ0) is 33.7. The Morgan fingerprint density at radius 1 is 0.373 bits per heavy atom. The molecule has 0 N–H and O–H groups in total. The van der Waals surface area contributed by atoms with Gasteiger partial charge in [0.25, 0.3) is 0 Å². The van der Waals surface area contributed by atoms with E-state index in [1.165, 1.54) is 76.3 Å². The van der Waals surface area contributed by atoms with E-state index in [4.69, 9.17) is 0 Å². The SMILES string of the molecule is c1ccc(-c2ccc(N(c3ccc(-c4cccc(C5C6CC7CC(C6)CC5C7)c4)cc3)c3ccc(-c4cccc5ccccc45)cc3)cc2)cc1. The highest BCUT2D eigenvalue weighted by molar-refractivity contribution is 5.97. The van der Waals surface area contributed by atoms with Gasteiger partial charge in [0.1, 0.15) is 0 Å². The predicted molar refractivity (Wildman–Crippen MR) is 215 cm³/mol. The molecule has 0 heterocycles. The van der Waals surface area contributed by atoms with Crippen LogP contribution in [0.4, 0.5) is 17.1 Å². The minimum atomic E-state index is 0.753. The second-order valence-corrected chi connectivity index (χ2v) is 15.5. The monoisotopic (exact) mass is 657 g/mol. The minimum Gasteiger partial charge on any atom is -0.311 e. The van der Waals surface area contributed by atoms with Gasteiger partial charge in [0, 0.05) is 17.1 Å². The van der Waals surface area contributed by atoms with Gasteiger partial charge in [0.2, 0.25) is 0 Å². The number of benzene rings is 7. The first-order chi connectivity index (χ1) is 25.2. The molecule has 1 nitrogen and oxygen atoms in total. The van der Waals surface area contributed by atoms with Crippen molar-refractivity contribution in [1.82, 2.24) is 0 Å². The van der Waals surface area contributed by atoms with E-state index in [1.54, 1.807) is 5.56 Å². The largest absolute Gasteiger partial charge is 0.311 e. The summed E-state index contributed by atoms with van der Waals surface area (Å²) in [5.41, 5.74) is 12.6. The number of hydrogen-bond donors (Lipinski definition) is 0. The molecule has 0 amide bonds. The van der Waals surface area contributed by atoms with Crippen LogP contribution >= 0.6 is 0 Å². The van der Waals surface area contributed by atoms with Crippen molar-refractivity contribution < 1.29 is 0 Å². The molecule has 51 heavy (non-hydrogen) atoms. The molecule has 4 bridgehead atoms. The van der Waals surface area contributed by atoms with E-state index in [-0.39, 0.29) is 0 Å². The van der Waals surface area contributed by atoms with Gasteiger partial charge in [0.05, 0.1) is 0 Å². The van der Waals surface area contributed by atoms with E-state index >= 15 is 0 Å². The van der Waals surface area contributed by atoms with E-state index in [9.17, 15) is 0 Å². The van der Waals surface area contributed by atoms with Crippen LogP contribution in [0.1, 0.15) is 43.6 Å². The van der Waals surface area contributed by atoms with Crippen molar-refractivity contribution in [2.45, 2.75) is 38.0 Å². The summed E-state index contributed by atoms with van der Waals surface area (Å²) in [4.78, 5) is 2.39. The number of fused-ring (bicyclic) bond motifs is 1. The van der Waals surface area contributed by atoms with Gasteiger partial charge in [-0.25, -0.2) is 0 Å².